The number of carbonyl (C=O) groups is 2. The Kier molecular flexibility index (Phi) is 6.45. The van der Waals surface area contributed by atoms with Gasteiger partial charge in [-0.2, -0.15) is 0 Å². The normalized spacial score (nSPS) is 20.7. The second-order valence-corrected chi connectivity index (χ2v) is 9.36. The molecule has 0 spiro atoms. The maximum atomic E-state index is 13.0. The number of fused-ring (bicyclic) bond motifs is 1. The van der Waals surface area contributed by atoms with E-state index in [9.17, 15) is 14.7 Å². The van der Waals surface area contributed by atoms with Crippen molar-refractivity contribution >= 4 is 23.0 Å². The maximum absolute atomic E-state index is 13.0. The second kappa shape index (κ2) is 9.82. The number of aliphatic hydroxyl groups excluding tert-OH is 1. The van der Waals surface area contributed by atoms with Crippen LogP contribution in [0.2, 0.25) is 0 Å². The van der Waals surface area contributed by atoms with Gasteiger partial charge in [0.05, 0.1) is 28.2 Å². The van der Waals surface area contributed by atoms with Crippen molar-refractivity contribution in [3.63, 3.8) is 0 Å². The topological polar surface area (TPSA) is 92.8 Å². The maximum Gasteiger partial charge on any atom is 0.168 e. The lowest BCUT2D eigenvalue weighted by molar-refractivity contribution is -0.115. The first kappa shape index (κ1) is 23.0. The van der Waals surface area contributed by atoms with Gasteiger partial charge in [-0.1, -0.05) is 53.2 Å². The Morgan fingerprint density at radius 1 is 1.03 bits per heavy atom. The molecule has 178 valence electrons. The summed E-state index contributed by atoms with van der Waals surface area (Å²) in [7, 11) is 0. The van der Waals surface area contributed by atoms with Gasteiger partial charge in [0.15, 0.2) is 11.6 Å². The van der Waals surface area contributed by atoms with Crippen molar-refractivity contribution in [1.82, 2.24) is 5.16 Å². The van der Waals surface area contributed by atoms with E-state index < -0.39 is 0 Å². The van der Waals surface area contributed by atoms with Gasteiger partial charge in [0, 0.05) is 32.1 Å². The number of rotatable bonds is 5. The number of ketones is 2. The Labute approximate surface area is 204 Å². The Morgan fingerprint density at radius 3 is 2.57 bits per heavy atom. The van der Waals surface area contributed by atoms with Crippen LogP contribution in [0.25, 0.3) is 0 Å². The van der Waals surface area contributed by atoms with Crippen LogP contribution in [0.4, 0.5) is 5.69 Å². The zero-order valence-corrected chi connectivity index (χ0v) is 19.8. The van der Waals surface area contributed by atoms with Crippen molar-refractivity contribution in [3.05, 3.63) is 94.1 Å². The molecule has 1 saturated carbocycles. The summed E-state index contributed by atoms with van der Waals surface area (Å²) in [6, 6.07) is 17.7. The van der Waals surface area contributed by atoms with E-state index in [4.69, 9.17) is 4.52 Å². The van der Waals surface area contributed by atoms with E-state index in [1.54, 1.807) is 0 Å². The van der Waals surface area contributed by atoms with E-state index in [0.29, 0.717) is 66.8 Å². The summed E-state index contributed by atoms with van der Waals surface area (Å²) < 4.78 is 5.56. The standard InChI is InChI=1S/C29H28N2O4/c1-18-10-12-21(13-11-18)30-22-8-5-9-24(32)28(22)25(33)15-14-23-29-26(34)16-20(17-27(29)35-31-23)19-6-3-2-4-7-19/h2-4,6-7,10-13,20,33H,5,8-9,14-17H2,1H3/b28-25-,30-22?. The first-order valence-electron chi connectivity index (χ1n) is 12.1. The summed E-state index contributed by atoms with van der Waals surface area (Å²) in [4.78, 5) is 30.4. The highest BCUT2D eigenvalue weighted by Crippen LogP contribution is 2.35. The fourth-order valence-corrected chi connectivity index (χ4v) is 4.98. The van der Waals surface area contributed by atoms with Crippen LogP contribution >= 0.6 is 0 Å². The second-order valence-electron chi connectivity index (χ2n) is 9.36. The minimum Gasteiger partial charge on any atom is -0.511 e. The minimum absolute atomic E-state index is 0.00253. The van der Waals surface area contributed by atoms with Crippen molar-refractivity contribution < 1.29 is 19.2 Å². The number of Topliss-reactive ketones (excluding diaryl/α,β-unsaturated/α-hetero) is 2. The molecule has 1 heterocycles. The molecule has 0 amide bonds. The van der Waals surface area contributed by atoms with Crippen LogP contribution in [0.5, 0.6) is 0 Å². The number of carbonyl (C=O) groups excluding carboxylic acids is 2. The van der Waals surface area contributed by atoms with Gasteiger partial charge in [-0.3, -0.25) is 14.6 Å². The molecule has 35 heavy (non-hydrogen) atoms. The smallest absolute Gasteiger partial charge is 0.168 e. The van der Waals surface area contributed by atoms with E-state index in [-0.39, 0.29) is 29.7 Å². The number of aliphatic hydroxyl groups is 1. The molecule has 2 aliphatic carbocycles. The van der Waals surface area contributed by atoms with Gasteiger partial charge in [0.2, 0.25) is 0 Å². The molecule has 0 bridgehead atoms. The number of hydrogen-bond acceptors (Lipinski definition) is 6. The zero-order chi connectivity index (χ0) is 24.4. The van der Waals surface area contributed by atoms with Gasteiger partial charge in [-0.15, -0.1) is 0 Å². The third-order valence-electron chi connectivity index (χ3n) is 6.82. The fourth-order valence-electron chi connectivity index (χ4n) is 4.98. The van der Waals surface area contributed by atoms with Gasteiger partial charge >= 0.3 is 0 Å². The van der Waals surface area contributed by atoms with Crippen LogP contribution in [0.15, 0.2) is 75.4 Å². The number of hydrogen-bond donors (Lipinski definition) is 1. The van der Waals surface area contributed by atoms with E-state index >= 15 is 0 Å². The molecule has 2 aromatic carbocycles. The van der Waals surface area contributed by atoms with E-state index in [1.807, 2.05) is 61.5 Å². The highest BCUT2D eigenvalue weighted by molar-refractivity contribution is 6.24. The number of aliphatic imine (C=N–C) groups is 1. The predicted octanol–water partition coefficient (Wildman–Crippen LogP) is 6.17. The average molecular weight is 469 g/mol. The summed E-state index contributed by atoms with van der Waals surface area (Å²) in [6.07, 6.45) is 3.29. The van der Waals surface area contributed by atoms with Crippen LogP contribution in [-0.2, 0) is 17.6 Å². The molecular weight excluding hydrogens is 440 g/mol. The van der Waals surface area contributed by atoms with Crippen molar-refractivity contribution in [1.29, 1.82) is 0 Å². The van der Waals surface area contributed by atoms with Crippen molar-refractivity contribution in [2.75, 3.05) is 0 Å². The fraction of sp³-hybridized carbons (Fsp3) is 0.310. The van der Waals surface area contributed by atoms with Crippen LogP contribution < -0.4 is 0 Å². The van der Waals surface area contributed by atoms with Crippen LogP contribution in [0.3, 0.4) is 0 Å². The predicted molar refractivity (Wildman–Crippen MR) is 133 cm³/mol. The third kappa shape index (κ3) is 4.87. The molecule has 1 aromatic heterocycles. The van der Waals surface area contributed by atoms with E-state index in [1.165, 1.54) is 0 Å². The Balaban J connectivity index is 1.36. The number of nitrogens with zero attached hydrogens (tertiary/aromatic N) is 2. The molecule has 1 N–H and O–H groups in total. The average Bonchev–Trinajstić information content (AvgIpc) is 3.28. The molecule has 1 fully saturated rings. The molecule has 1 atom stereocenters. The van der Waals surface area contributed by atoms with Gasteiger partial charge < -0.3 is 9.63 Å². The van der Waals surface area contributed by atoms with Crippen molar-refractivity contribution in [3.8, 4) is 0 Å². The molecule has 0 radical (unpaired) electrons. The summed E-state index contributed by atoms with van der Waals surface area (Å²) in [6.45, 7) is 2.01. The number of allylic oxidation sites excluding steroid dienone is 2. The summed E-state index contributed by atoms with van der Waals surface area (Å²) in [5.74, 6) is 0.603. The molecule has 1 unspecified atom stereocenters. The molecule has 2 aliphatic rings. The Bertz CT molecular complexity index is 1320. The largest absolute Gasteiger partial charge is 0.511 e. The summed E-state index contributed by atoms with van der Waals surface area (Å²) in [5.41, 5.74) is 5.02. The molecule has 6 nitrogen and oxygen atoms in total. The molecule has 0 aliphatic heterocycles. The quantitative estimate of drug-likeness (QED) is 0.357. The van der Waals surface area contributed by atoms with Crippen LogP contribution in [0, 0.1) is 6.92 Å². The molecule has 5 rings (SSSR count). The lowest BCUT2D eigenvalue weighted by Gasteiger charge is -2.20. The highest BCUT2D eigenvalue weighted by Gasteiger charge is 2.33. The van der Waals surface area contributed by atoms with Gasteiger partial charge in [0.25, 0.3) is 0 Å². The molecule has 6 heteroatoms. The highest BCUT2D eigenvalue weighted by atomic mass is 16.5. The molecule has 0 saturated heterocycles. The van der Waals surface area contributed by atoms with E-state index in [2.05, 4.69) is 10.1 Å². The zero-order valence-electron chi connectivity index (χ0n) is 19.8. The van der Waals surface area contributed by atoms with Gasteiger partial charge in [0.1, 0.15) is 11.5 Å². The first-order chi connectivity index (χ1) is 17.0. The lowest BCUT2D eigenvalue weighted by Crippen LogP contribution is -2.21. The summed E-state index contributed by atoms with van der Waals surface area (Å²) >= 11 is 0. The number of aromatic nitrogens is 1. The lowest BCUT2D eigenvalue weighted by atomic mass is 9.81. The minimum atomic E-state index is -0.0939. The third-order valence-corrected chi connectivity index (χ3v) is 6.82. The number of aryl methyl sites for hydroxylation is 2. The SMILES string of the molecule is Cc1ccc(N=C2CCCC(=O)/C2=C(\O)CCc2noc3c2C(=O)CC(c2ccccc2)C3)cc1. The first-order valence-corrected chi connectivity index (χ1v) is 12.1. The summed E-state index contributed by atoms with van der Waals surface area (Å²) in [5, 5.41) is 15.1. The Morgan fingerprint density at radius 2 is 1.80 bits per heavy atom. The molecular formula is C29H28N2O4. The van der Waals surface area contributed by atoms with Gasteiger partial charge in [-0.05, 0) is 43.4 Å². The Hall–Kier alpha value is -3.80. The van der Waals surface area contributed by atoms with E-state index in [0.717, 1.165) is 16.8 Å². The van der Waals surface area contributed by atoms with Crippen LogP contribution in [-0.4, -0.2) is 27.5 Å². The van der Waals surface area contributed by atoms with Crippen LogP contribution in [0.1, 0.15) is 71.0 Å². The monoisotopic (exact) mass is 468 g/mol. The van der Waals surface area contributed by atoms with Gasteiger partial charge in [-0.25, -0.2) is 0 Å². The molecule has 3 aromatic rings. The number of benzene rings is 2. The van der Waals surface area contributed by atoms with Crippen molar-refractivity contribution in [2.45, 2.75) is 57.8 Å². The van der Waals surface area contributed by atoms with Crippen molar-refractivity contribution in [2.24, 2.45) is 4.99 Å².